The largest absolute Gasteiger partial charge is 0.495 e. The van der Waals surface area contributed by atoms with Gasteiger partial charge in [0.05, 0.1) is 19.3 Å². The first-order valence-corrected chi connectivity index (χ1v) is 7.83. The molecule has 0 bridgehead atoms. The summed E-state index contributed by atoms with van der Waals surface area (Å²) in [6, 6.07) is 15.8. The molecule has 0 saturated carbocycles. The van der Waals surface area contributed by atoms with Crippen LogP contribution in [0, 0.1) is 6.92 Å². The summed E-state index contributed by atoms with van der Waals surface area (Å²) in [7, 11) is 1.60. The zero-order valence-corrected chi connectivity index (χ0v) is 14.0. The molecule has 4 heteroatoms. The van der Waals surface area contributed by atoms with Crippen LogP contribution in [0.3, 0.4) is 0 Å². The molecule has 0 aromatic heterocycles. The highest BCUT2D eigenvalue weighted by atomic mass is 16.5. The van der Waals surface area contributed by atoms with E-state index in [2.05, 4.69) is 42.3 Å². The lowest BCUT2D eigenvalue weighted by molar-refractivity contribution is -0.117. The fourth-order valence-electron chi connectivity index (χ4n) is 2.49. The Kier molecular flexibility index (Phi) is 6.18. The lowest BCUT2D eigenvalue weighted by Crippen LogP contribution is -2.32. The van der Waals surface area contributed by atoms with Crippen LogP contribution in [-0.2, 0) is 11.3 Å². The van der Waals surface area contributed by atoms with E-state index >= 15 is 0 Å². The van der Waals surface area contributed by atoms with Gasteiger partial charge in [-0.15, -0.1) is 0 Å². The number of benzene rings is 2. The highest BCUT2D eigenvalue weighted by Crippen LogP contribution is 2.22. The number of nitrogens with one attached hydrogen (secondary N) is 1. The molecule has 0 radical (unpaired) electrons. The van der Waals surface area contributed by atoms with Gasteiger partial charge in [-0.25, -0.2) is 0 Å². The van der Waals surface area contributed by atoms with Gasteiger partial charge in [0.15, 0.2) is 0 Å². The topological polar surface area (TPSA) is 41.6 Å². The molecule has 4 nitrogen and oxygen atoms in total. The van der Waals surface area contributed by atoms with Gasteiger partial charge in [-0.1, -0.05) is 48.9 Å². The number of para-hydroxylation sites is 2. The Balaban J connectivity index is 1.97. The van der Waals surface area contributed by atoms with E-state index in [1.807, 2.05) is 30.3 Å². The summed E-state index contributed by atoms with van der Waals surface area (Å²) < 4.78 is 5.26. The van der Waals surface area contributed by atoms with Gasteiger partial charge in [-0.3, -0.25) is 9.69 Å². The third kappa shape index (κ3) is 5.11. The van der Waals surface area contributed by atoms with Crippen LogP contribution in [0.15, 0.2) is 48.5 Å². The standard InChI is InChI=1S/C19H24N2O2/c1-4-21(13-16-9-7-8-15(2)12-16)14-19(22)20-17-10-5-6-11-18(17)23-3/h5-12H,4,13-14H2,1-3H3,(H,20,22). The number of ether oxygens (including phenoxy) is 1. The van der Waals surface area contributed by atoms with E-state index in [1.165, 1.54) is 11.1 Å². The summed E-state index contributed by atoms with van der Waals surface area (Å²) in [6.07, 6.45) is 0. The molecule has 0 saturated heterocycles. The molecule has 2 aromatic carbocycles. The lowest BCUT2D eigenvalue weighted by atomic mass is 10.1. The monoisotopic (exact) mass is 312 g/mol. The van der Waals surface area contributed by atoms with Crippen LogP contribution in [0.4, 0.5) is 5.69 Å². The number of carbonyl (C=O) groups excluding carboxylic acids is 1. The van der Waals surface area contributed by atoms with E-state index in [4.69, 9.17) is 4.74 Å². The summed E-state index contributed by atoms with van der Waals surface area (Å²) in [4.78, 5) is 14.4. The number of rotatable bonds is 7. The first-order chi connectivity index (χ1) is 11.1. The smallest absolute Gasteiger partial charge is 0.238 e. The van der Waals surface area contributed by atoms with Crippen molar-refractivity contribution in [3.63, 3.8) is 0 Å². The summed E-state index contributed by atoms with van der Waals surface area (Å²) in [5.74, 6) is 0.631. The van der Waals surface area contributed by atoms with E-state index in [0.717, 1.165) is 13.1 Å². The fraction of sp³-hybridized carbons (Fsp3) is 0.316. The average molecular weight is 312 g/mol. The van der Waals surface area contributed by atoms with E-state index in [-0.39, 0.29) is 5.91 Å². The third-order valence-electron chi connectivity index (χ3n) is 3.68. The molecule has 0 aliphatic heterocycles. The second-order valence-electron chi connectivity index (χ2n) is 5.54. The Morgan fingerprint density at radius 3 is 2.65 bits per heavy atom. The van der Waals surface area contributed by atoms with E-state index in [0.29, 0.717) is 18.0 Å². The zero-order chi connectivity index (χ0) is 16.7. The van der Waals surface area contributed by atoms with E-state index < -0.39 is 0 Å². The number of anilines is 1. The normalized spacial score (nSPS) is 10.6. The molecule has 0 aliphatic carbocycles. The van der Waals surface area contributed by atoms with Crippen LogP contribution in [-0.4, -0.2) is 31.0 Å². The molecule has 23 heavy (non-hydrogen) atoms. The Bertz CT molecular complexity index is 655. The molecule has 0 aliphatic rings. The van der Waals surface area contributed by atoms with Crippen molar-refractivity contribution in [3.8, 4) is 5.75 Å². The highest BCUT2D eigenvalue weighted by molar-refractivity contribution is 5.93. The van der Waals surface area contributed by atoms with Crippen LogP contribution in [0.5, 0.6) is 5.75 Å². The molecule has 2 aromatic rings. The highest BCUT2D eigenvalue weighted by Gasteiger charge is 2.12. The number of carbonyl (C=O) groups is 1. The van der Waals surface area contributed by atoms with Gasteiger partial charge in [0.1, 0.15) is 5.75 Å². The molecule has 1 amide bonds. The molecule has 0 unspecified atom stereocenters. The minimum absolute atomic E-state index is 0.0380. The van der Waals surface area contributed by atoms with Crippen LogP contribution in [0.2, 0.25) is 0 Å². The van der Waals surface area contributed by atoms with Gasteiger partial charge in [0, 0.05) is 6.54 Å². The molecule has 0 fully saturated rings. The number of nitrogens with zero attached hydrogens (tertiary/aromatic N) is 1. The predicted octanol–water partition coefficient (Wildman–Crippen LogP) is 3.46. The van der Waals surface area contributed by atoms with Crippen LogP contribution in [0.1, 0.15) is 18.1 Å². The Hall–Kier alpha value is -2.33. The average Bonchev–Trinajstić information content (AvgIpc) is 2.54. The zero-order valence-electron chi connectivity index (χ0n) is 14.0. The van der Waals surface area contributed by atoms with Crippen molar-refractivity contribution in [2.75, 3.05) is 25.5 Å². The van der Waals surface area contributed by atoms with Crippen LogP contribution in [0.25, 0.3) is 0 Å². The number of hydrogen-bond donors (Lipinski definition) is 1. The van der Waals surface area contributed by atoms with Gasteiger partial charge < -0.3 is 10.1 Å². The second-order valence-corrected chi connectivity index (χ2v) is 5.54. The van der Waals surface area contributed by atoms with Crippen molar-refractivity contribution in [2.24, 2.45) is 0 Å². The maximum Gasteiger partial charge on any atom is 0.238 e. The number of amides is 1. The third-order valence-corrected chi connectivity index (χ3v) is 3.68. The number of aryl methyl sites for hydroxylation is 1. The van der Waals surface area contributed by atoms with Crippen molar-refractivity contribution in [1.29, 1.82) is 0 Å². The molecule has 0 spiro atoms. The van der Waals surface area contributed by atoms with Crippen LogP contribution < -0.4 is 10.1 Å². The lowest BCUT2D eigenvalue weighted by Gasteiger charge is -2.20. The van der Waals surface area contributed by atoms with Crippen molar-refractivity contribution >= 4 is 11.6 Å². The van der Waals surface area contributed by atoms with Gasteiger partial charge in [-0.2, -0.15) is 0 Å². The van der Waals surface area contributed by atoms with Gasteiger partial charge in [0.2, 0.25) is 5.91 Å². The molecule has 0 heterocycles. The van der Waals surface area contributed by atoms with Crippen molar-refractivity contribution in [2.45, 2.75) is 20.4 Å². The first kappa shape index (κ1) is 17.0. The minimum atomic E-state index is -0.0380. The summed E-state index contributed by atoms with van der Waals surface area (Å²) >= 11 is 0. The summed E-state index contributed by atoms with van der Waals surface area (Å²) in [6.45, 7) is 6.06. The van der Waals surface area contributed by atoms with Crippen molar-refractivity contribution in [1.82, 2.24) is 4.90 Å². The van der Waals surface area contributed by atoms with Gasteiger partial charge >= 0.3 is 0 Å². The molecular formula is C19H24N2O2. The molecule has 122 valence electrons. The van der Waals surface area contributed by atoms with Gasteiger partial charge in [-0.05, 0) is 31.2 Å². The molecule has 1 N–H and O–H groups in total. The number of likely N-dealkylation sites (N-methyl/N-ethyl adjacent to an activating group) is 1. The Morgan fingerprint density at radius 1 is 1.17 bits per heavy atom. The Morgan fingerprint density at radius 2 is 1.96 bits per heavy atom. The SMILES string of the molecule is CCN(CC(=O)Nc1ccccc1OC)Cc1cccc(C)c1. The van der Waals surface area contributed by atoms with Gasteiger partial charge in [0.25, 0.3) is 0 Å². The number of methoxy groups -OCH3 is 1. The fourth-order valence-corrected chi connectivity index (χ4v) is 2.49. The summed E-state index contributed by atoms with van der Waals surface area (Å²) in [5.41, 5.74) is 3.15. The molecular weight excluding hydrogens is 288 g/mol. The first-order valence-electron chi connectivity index (χ1n) is 7.83. The molecule has 0 atom stereocenters. The quantitative estimate of drug-likeness (QED) is 0.851. The van der Waals surface area contributed by atoms with E-state index in [9.17, 15) is 4.79 Å². The van der Waals surface area contributed by atoms with Crippen molar-refractivity contribution < 1.29 is 9.53 Å². The maximum atomic E-state index is 12.3. The minimum Gasteiger partial charge on any atom is -0.495 e. The predicted molar refractivity (Wildman–Crippen MR) is 93.8 cm³/mol. The molecule has 2 rings (SSSR count). The number of hydrogen-bond acceptors (Lipinski definition) is 3. The van der Waals surface area contributed by atoms with Crippen molar-refractivity contribution in [3.05, 3.63) is 59.7 Å². The maximum absolute atomic E-state index is 12.3. The van der Waals surface area contributed by atoms with Crippen LogP contribution >= 0.6 is 0 Å². The van der Waals surface area contributed by atoms with E-state index in [1.54, 1.807) is 7.11 Å². The Labute approximate surface area is 138 Å². The summed E-state index contributed by atoms with van der Waals surface area (Å²) in [5, 5.41) is 2.92. The second kappa shape index (κ2) is 8.34.